The summed E-state index contributed by atoms with van der Waals surface area (Å²) < 4.78 is 6.12. The first-order valence-corrected chi connectivity index (χ1v) is 15.1. The van der Waals surface area contributed by atoms with Crippen molar-refractivity contribution in [2.24, 2.45) is 5.92 Å². The Morgan fingerprint density at radius 1 is 1.00 bits per heavy atom. The Morgan fingerprint density at radius 3 is 2.45 bits per heavy atom. The molecule has 2 aromatic rings. The number of nitrogens with zero attached hydrogens (tertiary/aromatic N) is 3. The maximum Gasteiger partial charge on any atom is 0.251 e. The van der Waals surface area contributed by atoms with E-state index in [4.69, 9.17) is 21.6 Å². The van der Waals surface area contributed by atoms with Gasteiger partial charge in [-0.3, -0.25) is 4.79 Å². The van der Waals surface area contributed by atoms with E-state index in [1.807, 2.05) is 24.3 Å². The number of rotatable bonds is 5. The maximum atomic E-state index is 12.9. The molecule has 0 aromatic heterocycles. The summed E-state index contributed by atoms with van der Waals surface area (Å²) in [4.78, 5) is 18.1. The Hall–Kier alpha value is -3.03. The third-order valence-corrected chi connectivity index (χ3v) is 8.94. The van der Waals surface area contributed by atoms with Gasteiger partial charge in [0.25, 0.3) is 5.91 Å². The van der Waals surface area contributed by atoms with Crippen LogP contribution in [-0.4, -0.2) is 67.1 Å². The lowest BCUT2D eigenvalue weighted by molar-refractivity contribution is 0.0882. The van der Waals surface area contributed by atoms with E-state index in [9.17, 15) is 4.79 Å². The van der Waals surface area contributed by atoms with Crippen LogP contribution in [-0.2, 0) is 0 Å². The summed E-state index contributed by atoms with van der Waals surface area (Å²) in [7, 11) is 2.22. The van der Waals surface area contributed by atoms with E-state index in [-0.39, 0.29) is 18.1 Å². The fourth-order valence-electron chi connectivity index (χ4n) is 6.16. The first-order chi connectivity index (χ1) is 19.5. The van der Waals surface area contributed by atoms with E-state index in [2.05, 4.69) is 40.1 Å². The number of piperidine rings is 2. The number of likely N-dealkylation sites (tertiary alicyclic amines) is 2. The predicted octanol–water partition coefficient (Wildman–Crippen LogP) is 5.49. The number of hydrogen-bond acceptors (Lipinski definition) is 5. The van der Waals surface area contributed by atoms with Gasteiger partial charge in [-0.15, -0.1) is 0 Å². The Morgan fingerprint density at radius 2 is 1.75 bits per heavy atom. The molecule has 5 rings (SSSR count). The molecule has 1 aliphatic carbocycles. The minimum absolute atomic E-state index is 0.00283. The molecule has 6 nitrogen and oxygen atoms in total. The molecule has 2 saturated heterocycles. The molecule has 3 fully saturated rings. The monoisotopic (exact) mass is 558 g/mol. The molecule has 0 spiro atoms. The van der Waals surface area contributed by atoms with Gasteiger partial charge in [-0.2, -0.15) is 5.26 Å². The number of halogens is 1. The van der Waals surface area contributed by atoms with Crippen molar-refractivity contribution < 1.29 is 9.53 Å². The van der Waals surface area contributed by atoms with Crippen LogP contribution >= 0.6 is 11.6 Å². The predicted molar refractivity (Wildman–Crippen MR) is 158 cm³/mol. The van der Waals surface area contributed by atoms with Crippen molar-refractivity contribution in [3.8, 4) is 23.7 Å². The first kappa shape index (κ1) is 28.5. The van der Waals surface area contributed by atoms with Gasteiger partial charge in [0.15, 0.2) is 0 Å². The number of carbonyl (C=O) groups is 1. The molecule has 210 valence electrons. The molecule has 2 aromatic carbocycles. The first-order valence-electron chi connectivity index (χ1n) is 14.7. The van der Waals surface area contributed by atoms with Gasteiger partial charge in [0.05, 0.1) is 10.6 Å². The second kappa shape index (κ2) is 13.6. The minimum Gasteiger partial charge on any atom is -0.490 e. The van der Waals surface area contributed by atoms with Gasteiger partial charge >= 0.3 is 0 Å². The molecule has 1 saturated carbocycles. The van der Waals surface area contributed by atoms with E-state index in [0.29, 0.717) is 27.8 Å². The number of amides is 1. The fourth-order valence-corrected chi connectivity index (χ4v) is 6.38. The van der Waals surface area contributed by atoms with Crippen molar-refractivity contribution in [3.05, 3.63) is 64.2 Å². The van der Waals surface area contributed by atoms with Crippen molar-refractivity contribution >= 4 is 17.5 Å². The second-order valence-electron chi connectivity index (χ2n) is 11.5. The zero-order valence-corrected chi connectivity index (χ0v) is 24.1. The Balaban J connectivity index is 1.08. The lowest BCUT2D eigenvalue weighted by Gasteiger charge is -2.40. The number of nitrogens with one attached hydrogen (secondary N) is 1. The van der Waals surface area contributed by atoms with Crippen molar-refractivity contribution in [2.45, 2.75) is 69.6 Å². The summed E-state index contributed by atoms with van der Waals surface area (Å²) in [6.45, 7) is 4.73. The summed E-state index contributed by atoms with van der Waals surface area (Å²) >= 11 is 6.15. The maximum absolute atomic E-state index is 12.9. The van der Waals surface area contributed by atoms with Gasteiger partial charge in [0, 0.05) is 41.6 Å². The standard InChI is InChI=1S/C33H39ClN4O2/c1-37-17-15-29(16-18-37)38-19-13-25(14-20-38)6-5-24-7-9-26(10-8-24)33(39)36-28-3-2-4-30(21-28)40-31-12-11-27(23-35)32(34)22-31/h7-12,22,25,28-30H,2-4,13-21H2,1H3,(H,36,39). The van der Waals surface area contributed by atoms with Crippen LogP contribution in [0.3, 0.4) is 0 Å². The average molecular weight is 559 g/mol. The fraction of sp³-hybridized carbons (Fsp3) is 0.515. The van der Waals surface area contributed by atoms with Crippen molar-refractivity contribution in [1.29, 1.82) is 5.26 Å². The molecule has 2 heterocycles. The molecule has 0 bridgehead atoms. The summed E-state index contributed by atoms with van der Waals surface area (Å²) in [5, 5.41) is 12.6. The van der Waals surface area contributed by atoms with Gasteiger partial charge in [0.2, 0.25) is 0 Å². The highest BCUT2D eigenvalue weighted by Gasteiger charge is 2.27. The molecule has 1 N–H and O–H groups in total. The van der Waals surface area contributed by atoms with Crippen LogP contribution in [0.5, 0.6) is 5.75 Å². The number of nitriles is 1. The Labute approximate surface area is 243 Å². The van der Waals surface area contributed by atoms with Crippen LogP contribution < -0.4 is 10.1 Å². The largest absolute Gasteiger partial charge is 0.490 e. The Bertz CT molecular complexity index is 1260. The Kier molecular flexibility index (Phi) is 9.66. The quantitative estimate of drug-likeness (QED) is 0.492. The van der Waals surface area contributed by atoms with Crippen LogP contribution in [0.15, 0.2) is 42.5 Å². The summed E-state index contributed by atoms with van der Waals surface area (Å²) in [5.74, 6) is 7.89. The SMILES string of the molecule is CN1CCC(N2CCC(C#Cc3ccc(C(=O)NC4CCCC(Oc5ccc(C#N)c(Cl)c5)C4)cc3)CC2)CC1. The smallest absolute Gasteiger partial charge is 0.251 e. The highest BCUT2D eigenvalue weighted by molar-refractivity contribution is 6.31. The summed E-state index contributed by atoms with van der Waals surface area (Å²) in [5.41, 5.74) is 2.05. The van der Waals surface area contributed by atoms with E-state index in [1.54, 1.807) is 18.2 Å². The number of carbonyl (C=O) groups excluding carboxylic acids is 1. The normalized spacial score (nSPS) is 23.0. The van der Waals surface area contributed by atoms with Gasteiger partial charge < -0.3 is 19.9 Å². The molecule has 7 heteroatoms. The van der Waals surface area contributed by atoms with Gasteiger partial charge in [-0.25, -0.2) is 0 Å². The summed E-state index contributed by atoms with van der Waals surface area (Å²) in [6.07, 6.45) is 8.43. The third-order valence-electron chi connectivity index (χ3n) is 8.63. The van der Waals surface area contributed by atoms with E-state index in [0.717, 1.165) is 63.2 Å². The highest BCUT2D eigenvalue weighted by Crippen LogP contribution is 2.28. The van der Waals surface area contributed by atoms with Crippen molar-refractivity contribution in [1.82, 2.24) is 15.1 Å². The molecular weight excluding hydrogens is 520 g/mol. The van der Waals surface area contributed by atoms with Crippen LogP contribution in [0.2, 0.25) is 5.02 Å². The average Bonchev–Trinajstić information content (AvgIpc) is 2.97. The zero-order valence-electron chi connectivity index (χ0n) is 23.4. The zero-order chi connectivity index (χ0) is 27.9. The summed E-state index contributed by atoms with van der Waals surface area (Å²) in [6, 6.07) is 15.7. The van der Waals surface area contributed by atoms with Crippen molar-refractivity contribution in [3.63, 3.8) is 0 Å². The molecule has 2 unspecified atom stereocenters. The van der Waals surface area contributed by atoms with Crippen LogP contribution in [0.4, 0.5) is 0 Å². The van der Waals surface area contributed by atoms with E-state index >= 15 is 0 Å². The van der Waals surface area contributed by atoms with Crippen LogP contribution in [0.1, 0.15) is 72.9 Å². The van der Waals surface area contributed by atoms with Crippen LogP contribution in [0, 0.1) is 29.1 Å². The lowest BCUT2D eigenvalue weighted by Crippen LogP contribution is -2.46. The number of hydrogen-bond donors (Lipinski definition) is 1. The van der Waals surface area contributed by atoms with Gasteiger partial charge in [0.1, 0.15) is 17.9 Å². The molecule has 40 heavy (non-hydrogen) atoms. The minimum atomic E-state index is -0.0622. The highest BCUT2D eigenvalue weighted by atomic mass is 35.5. The molecule has 0 radical (unpaired) electrons. The topological polar surface area (TPSA) is 68.6 Å². The van der Waals surface area contributed by atoms with Gasteiger partial charge in [-0.05, 0) is 115 Å². The molecule has 1 amide bonds. The molecule has 3 aliphatic rings. The molecule has 2 aliphatic heterocycles. The third kappa shape index (κ3) is 7.58. The molecule has 2 atom stereocenters. The number of ether oxygens (including phenoxy) is 1. The van der Waals surface area contributed by atoms with Crippen LogP contribution in [0.25, 0.3) is 0 Å². The lowest BCUT2D eigenvalue weighted by atomic mass is 9.92. The van der Waals surface area contributed by atoms with E-state index in [1.165, 1.54) is 25.9 Å². The second-order valence-corrected chi connectivity index (χ2v) is 11.9. The van der Waals surface area contributed by atoms with Gasteiger partial charge in [-0.1, -0.05) is 23.4 Å². The van der Waals surface area contributed by atoms with Crippen molar-refractivity contribution in [2.75, 3.05) is 33.2 Å². The molecular formula is C33H39ClN4O2. The number of benzene rings is 2. The van der Waals surface area contributed by atoms with E-state index < -0.39 is 0 Å².